The number of rotatable bonds is 5. The van der Waals surface area contributed by atoms with E-state index < -0.39 is 12.1 Å². The SMILES string of the molecule is COC(=O)CCC(O)COC(C)=O. The van der Waals surface area contributed by atoms with Crippen LogP contribution in [-0.4, -0.2) is 36.9 Å². The maximum absolute atomic E-state index is 10.6. The Balaban J connectivity index is 3.45. The van der Waals surface area contributed by atoms with E-state index in [1.807, 2.05) is 0 Å². The van der Waals surface area contributed by atoms with Crippen LogP contribution >= 0.6 is 0 Å². The predicted molar refractivity (Wildman–Crippen MR) is 43.9 cm³/mol. The summed E-state index contributed by atoms with van der Waals surface area (Å²) in [6.45, 7) is 1.18. The summed E-state index contributed by atoms with van der Waals surface area (Å²) in [7, 11) is 1.28. The molecule has 0 rings (SSSR count). The molecule has 0 bridgehead atoms. The van der Waals surface area contributed by atoms with Crippen LogP contribution in [0.25, 0.3) is 0 Å². The first-order valence-electron chi connectivity index (χ1n) is 3.94. The van der Waals surface area contributed by atoms with Crippen molar-refractivity contribution >= 4 is 11.9 Å². The van der Waals surface area contributed by atoms with Crippen LogP contribution in [-0.2, 0) is 19.1 Å². The molecule has 0 heterocycles. The lowest BCUT2D eigenvalue weighted by Gasteiger charge is -2.08. The molecular weight excluding hydrogens is 176 g/mol. The van der Waals surface area contributed by atoms with E-state index in [9.17, 15) is 9.59 Å². The van der Waals surface area contributed by atoms with Crippen molar-refractivity contribution in [3.63, 3.8) is 0 Å². The molecule has 1 N–H and O–H groups in total. The van der Waals surface area contributed by atoms with E-state index in [0.29, 0.717) is 0 Å². The Labute approximate surface area is 76.6 Å². The van der Waals surface area contributed by atoms with Crippen LogP contribution in [0.4, 0.5) is 0 Å². The van der Waals surface area contributed by atoms with Crippen LogP contribution in [0.3, 0.4) is 0 Å². The average Bonchev–Trinajstić information content (AvgIpc) is 2.10. The highest BCUT2D eigenvalue weighted by Crippen LogP contribution is 1.99. The van der Waals surface area contributed by atoms with Crippen molar-refractivity contribution in [1.82, 2.24) is 0 Å². The van der Waals surface area contributed by atoms with Crippen molar-refractivity contribution in [1.29, 1.82) is 0 Å². The van der Waals surface area contributed by atoms with Gasteiger partial charge in [0.1, 0.15) is 6.61 Å². The fourth-order valence-electron chi connectivity index (χ4n) is 0.683. The number of carbonyl (C=O) groups is 2. The maximum Gasteiger partial charge on any atom is 0.305 e. The molecule has 76 valence electrons. The molecule has 0 saturated carbocycles. The number of hydrogen-bond donors (Lipinski definition) is 1. The zero-order chi connectivity index (χ0) is 10.3. The van der Waals surface area contributed by atoms with E-state index in [4.69, 9.17) is 5.11 Å². The highest BCUT2D eigenvalue weighted by Gasteiger charge is 2.09. The van der Waals surface area contributed by atoms with Crippen molar-refractivity contribution in [3.05, 3.63) is 0 Å². The number of ether oxygens (including phenoxy) is 2. The van der Waals surface area contributed by atoms with E-state index in [2.05, 4.69) is 9.47 Å². The van der Waals surface area contributed by atoms with E-state index >= 15 is 0 Å². The minimum Gasteiger partial charge on any atom is -0.469 e. The van der Waals surface area contributed by atoms with Crippen LogP contribution < -0.4 is 0 Å². The second kappa shape index (κ2) is 6.42. The highest BCUT2D eigenvalue weighted by molar-refractivity contribution is 5.69. The molecule has 0 aromatic heterocycles. The standard InChI is InChI=1S/C8H14O5/c1-6(9)13-5-7(10)3-4-8(11)12-2/h7,10H,3-5H2,1-2H3. The first-order valence-corrected chi connectivity index (χ1v) is 3.94. The van der Waals surface area contributed by atoms with Gasteiger partial charge in [-0.25, -0.2) is 0 Å². The van der Waals surface area contributed by atoms with Crippen molar-refractivity contribution in [3.8, 4) is 0 Å². The van der Waals surface area contributed by atoms with Gasteiger partial charge < -0.3 is 14.6 Å². The van der Waals surface area contributed by atoms with Gasteiger partial charge in [-0.05, 0) is 6.42 Å². The van der Waals surface area contributed by atoms with Crippen molar-refractivity contribution in [2.45, 2.75) is 25.9 Å². The van der Waals surface area contributed by atoms with Crippen LogP contribution in [0.5, 0.6) is 0 Å². The smallest absolute Gasteiger partial charge is 0.305 e. The van der Waals surface area contributed by atoms with E-state index in [1.165, 1.54) is 14.0 Å². The molecule has 0 aliphatic heterocycles. The zero-order valence-corrected chi connectivity index (χ0v) is 7.78. The Kier molecular flexibility index (Phi) is 5.88. The highest BCUT2D eigenvalue weighted by atomic mass is 16.5. The first kappa shape index (κ1) is 11.9. The lowest BCUT2D eigenvalue weighted by atomic mass is 10.2. The lowest BCUT2D eigenvalue weighted by molar-refractivity contribution is -0.144. The van der Waals surface area contributed by atoms with Gasteiger partial charge in [0.2, 0.25) is 0 Å². The fraction of sp³-hybridized carbons (Fsp3) is 0.750. The number of aliphatic hydroxyl groups excluding tert-OH is 1. The van der Waals surface area contributed by atoms with Crippen LogP contribution in [0, 0.1) is 0 Å². The van der Waals surface area contributed by atoms with Gasteiger partial charge in [-0.2, -0.15) is 0 Å². The van der Waals surface area contributed by atoms with Crippen LogP contribution in [0.1, 0.15) is 19.8 Å². The molecule has 0 aromatic rings. The summed E-state index contributed by atoms with van der Waals surface area (Å²) in [4.78, 5) is 20.9. The minimum absolute atomic E-state index is 0.0771. The van der Waals surface area contributed by atoms with E-state index in [1.54, 1.807) is 0 Å². The molecular formula is C8H14O5. The van der Waals surface area contributed by atoms with E-state index in [-0.39, 0.29) is 25.4 Å². The lowest BCUT2D eigenvalue weighted by Crippen LogP contribution is -2.18. The fourth-order valence-corrected chi connectivity index (χ4v) is 0.683. The monoisotopic (exact) mass is 190 g/mol. The van der Waals surface area contributed by atoms with Gasteiger partial charge >= 0.3 is 11.9 Å². The summed E-state index contributed by atoms with van der Waals surface area (Å²) >= 11 is 0. The molecule has 1 atom stereocenters. The van der Waals surface area contributed by atoms with Gasteiger partial charge in [-0.15, -0.1) is 0 Å². The second-order valence-electron chi connectivity index (χ2n) is 2.57. The zero-order valence-electron chi connectivity index (χ0n) is 7.78. The number of methoxy groups -OCH3 is 1. The molecule has 0 saturated heterocycles. The quantitative estimate of drug-likeness (QED) is 0.611. The Morgan fingerprint density at radius 3 is 2.54 bits per heavy atom. The largest absolute Gasteiger partial charge is 0.469 e. The van der Waals surface area contributed by atoms with Gasteiger partial charge in [0.25, 0.3) is 0 Å². The average molecular weight is 190 g/mol. The molecule has 0 radical (unpaired) electrons. The molecule has 0 aromatic carbocycles. The molecule has 5 nitrogen and oxygen atoms in total. The van der Waals surface area contributed by atoms with Crippen LogP contribution in [0.2, 0.25) is 0 Å². The Morgan fingerprint density at radius 2 is 2.08 bits per heavy atom. The van der Waals surface area contributed by atoms with Gasteiger partial charge in [-0.1, -0.05) is 0 Å². The normalized spacial score (nSPS) is 11.9. The van der Waals surface area contributed by atoms with Gasteiger partial charge in [0, 0.05) is 13.3 Å². The summed E-state index contributed by atoms with van der Waals surface area (Å²) in [6.07, 6.45) is -0.443. The van der Waals surface area contributed by atoms with E-state index in [0.717, 1.165) is 0 Å². The molecule has 5 heteroatoms. The third-order valence-electron chi connectivity index (χ3n) is 1.39. The summed E-state index contributed by atoms with van der Waals surface area (Å²) in [6, 6.07) is 0. The summed E-state index contributed by atoms with van der Waals surface area (Å²) in [5.74, 6) is -0.834. The Bertz CT molecular complexity index is 177. The van der Waals surface area contributed by atoms with Crippen molar-refractivity contribution < 1.29 is 24.2 Å². The third-order valence-corrected chi connectivity index (χ3v) is 1.39. The number of hydrogen-bond acceptors (Lipinski definition) is 5. The van der Waals surface area contributed by atoms with Crippen molar-refractivity contribution in [2.24, 2.45) is 0 Å². The summed E-state index contributed by atoms with van der Waals surface area (Å²) < 4.78 is 8.90. The summed E-state index contributed by atoms with van der Waals surface area (Å²) in [5.41, 5.74) is 0. The summed E-state index contributed by atoms with van der Waals surface area (Å²) in [5, 5.41) is 9.16. The topological polar surface area (TPSA) is 72.8 Å². The molecule has 0 aliphatic carbocycles. The third kappa shape index (κ3) is 7.27. The van der Waals surface area contributed by atoms with Gasteiger partial charge in [0.15, 0.2) is 0 Å². The molecule has 1 unspecified atom stereocenters. The molecule has 0 spiro atoms. The van der Waals surface area contributed by atoms with Gasteiger partial charge in [-0.3, -0.25) is 9.59 Å². The number of esters is 2. The Hall–Kier alpha value is -1.10. The number of carbonyl (C=O) groups excluding carboxylic acids is 2. The first-order chi connectivity index (χ1) is 6.06. The number of aliphatic hydroxyl groups is 1. The maximum atomic E-state index is 10.6. The van der Waals surface area contributed by atoms with Crippen molar-refractivity contribution in [2.75, 3.05) is 13.7 Å². The van der Waals surface area contributed by atoms with Gasteiger partial charge in [0.05, 0.1) is 13.2 Å². The molecule has 13 heavy (non-hydrogen) atoms. The molecule has 0 fully saturated rings. The molecule has 0 aliphatic rings. The van der Waals surface area contributed by atoms with Crippen LogP contribution in [0.15, 0.2) is 0 Å². The molecule has 0 amide bonds. The Morgan fingerprint density at radius 1 is 1.46 bits per heavy atom. The predicted octanol–water partition coefficient (Wildman–Crippen LogP) is -0.136. The second-order valence-corrected chi connectivity index (χ2v) is 2.57. The minimum atomic E-state index is -0.803.